The molecule has 1 saturated heterocycles. The first-order valence-electron chi connectivity index (χ1n) is 8.50. The minimum absolute atomic E-state index is 0.0212. The molecule has 1 aromatic heterocycles. The van der Waals surface area contributed by atoms with Gasteiger partial charge in [0, 0.05) is 18.8 Å². The Kier molecular flexibility index (Phi) is 4.79. The highest BCUT2D eigenvalue weighted by Gasteiger charge is 2.23. The van der Waals surface area contributed by atoms with Gasteiger partial charge in [-0.3, -0.25) is 4.79 Å². The molecule has 0 spiro atoms. The number of aryl methyl sites for hydroxylation is 2. The number of hydrogen-bond acceptors (Lipinski definition) is 4. The minimum atomic E-state index is -0.0212. The molecule has 1 amide bonds. The molecule has 0 saturated carbocycles. The molecule has 1 aliphatic rings. The second kappa shape index (κ2) is 6.99. The van der Waals surface area contributed by atoms with Gasteiger partial charge in [-0.1, -0.05) is 24.6 Å². The van der Waals surface area contributed by atoms with Crippen molar-refractivity contribution in [1.82, 2.24) is 15.1 Å². The normalized spacial score (nSPS) is 17.6. The van der Waals surface area contributed by atoms with Crippen molar-refractivity contribution in [2.24, 2.45) is 5.92 Å². The van der Waals surface area contributed by atoms with Crippen LogP contribution < -0.4 is 5.32 Å². The summed E-state index contributed by atoms with van der Waals surface area (Å²) in [5.74, 6) is 1.18. The number of nitrogens with zero attached hydrogens (tertiary/aromatic N) is 3. The molecular formula is C19H24N4O. The number of amides is 1. The molecule has 1 aliphatic heterocycles. The van der Waals surface area contributed by atoms with Crippen LogP contribution in [0.1, 0.15) is 41.4 Å². The monoisotopic (exact) mass is 324 g/mol. The van der Waals surface area contributed by atoms with Gasteiger partial charge >= 0.3 is 0 Å². The Morgan fingerprint density at radius 1 is 1.21 bits per heavy atom. The van der Waals surface area contributed by atoms with Gasteiger partial charge in [-0.05, 0) is 56.4 Å². The number of rotatable bonds is 3. The predicted octanol–water partition coefficient (Wildman–Crippen LogP) is 3.71. The molecule has 5 nitrogen and oxygen atoms in total. The third-order valence-electron chi connectivity index (χ3n) is 4.47. The van der Waals surface area contributed by atoms with Gasteiger partial charge in [0.1, 0.15) is 0 Å². The molecule has 2 heterocycles. The molecule has 1 fully saturated rings. The van der Waals surface area contributed by atoms with Crippen LogP contribution in [0, 0.1) is 19.8 Å². The van der Waals surface area contributed by atoms with Crippen molar-refractivity contribution in [3.05, 3.63) is 47.2 Å². The maximum Gasteiger partial charge on any atom is 0.274 e. The Bertz CT molecular complexity index is 727. The Morgan fingerprint density at radius 2 is 2.04 bits per heavy atom. The van der Waals surface area contributed by atoms with Gasteiger partial charge in [-0.15, -0.1) is 10.2 Å². The SMILES string of the molecule is Cc1ccc(Nc2ccc(C(=O)N3CCCC(C)C3)nn2)c(C)c1. The van der Waals surface area contributed by atoms with E-state index in [-0.39, 0.29) is 5.91 Å². The van der Waals surface area contributed by atoms with Crippen LogP contribution in [0.2, 0.25) is 0 Å². The van der Waals surface area contributed by atoms with Gasteiger partial charge in [-0.2, -0.15) is 0 Å². The first-order chi connectivity index (χ1) is 11.5. The Hall–Kier alpha value is -2.43. The fourth-order valence-corrected chi connectivity index (χ4v) is 3.14. The molecule has 3 rings (SSSR count). The topological polar surface area (TPSA) is 58.1 Å². The summed E-state index contributed by atoms with van der Waals surface area (Å²) in [6, 6.07) is 9.76. The standard InChI is InChI=1S/C19H24N4O/c1-13-6-7-16(15(3)11-13)20-18-9-8-17(21-22-18)19(24)23-10-4-5-14(2)12-23/h6-9,11,14H,4-5,10,12H2,1-3H3,(H,20,22). The zero-order valence-corrected chi connectivity index (χ0v) is 14.5. The summed E-state index contributed by atoms with van der Waals surface area (Å²) in [6.07, 6.45) is 2.25. The molecule has 1 aromatic carbocycles. The second-order valence-corrected chi connectivity index (χ2v) is 6.75. The lowest BCUT2D eigenvalue weighted by Gasteiger charge is -2.30. The molecule has 24 heavy (non-hydrogen) atoms. The van der Waals surface area contributed by atoms with Crippen molar-refractivity contribution in [3.8, 4) is 0 Å². The van der Waals surface area contributed by atoms with Crippen molar-refractivity contribution in [3.63, 3.8) is 0 Å². The highest BCUT2D eigenvalue weighted by atomic mass is 16.2. The van der Waals surface area contributed by atoms with E-state index < -0.39 is 0 Å². The summed E-state index contributed by atoms with van der Waals surface area (Å²) in [4.78, 5) is 14.4. The molecule has 0 aliphatic carbocycles. The quantitative estimate of drug-likeness (QED) is 0.935. The van der Waals surface area contributed by atoms with Crippen LogP contribution in [-0.4, -0.2) is 34.1 Å². The zero-order valence-electron chi connectivity index (χ0n) is 14.5. The van der Waals surface area contributed by atoms with E-state index in [9.17, 15) is 4.79 Å². The third-order valence-corrected chi connectivity index (χ3v) is 4.47. The van der Waals surface area contributed by atoms with Crippen LogP contribution in [0.5, 0.6) is 0 Å². The summed E-state index contributed by atoms with van der Waals surface area (Å²) in [6.45, 7) is 7.93. The van der Waals surface area contributed by atoms with Crippen LogP contribution in [-0.2, 0) is 0 Å². The molecule has 2 aromatic rings. The first kappa shape index (κ1) is 16.4. The number of hydrogen-bond donors (Lipinski definition) is 1. The number of benzene rings is 1. The third kappa shape index (κ3) is 3.72. The average molecular weight is 324 g/mol. The van der Waals surface area contributed by atoms with Crippen LogP contribution in [0.4, 0.5) is 11.5 Å². The Labute approximate surface area is 143 Å². The van der Waals surface area contributed by atoms with E-state index in [1.807, 2.05) is 17.0 Å². The lowest BCUT2D eigenvalue weighted by molar-refractivity contribution is 0.0676. The lowest BCUT2D eigenvalue weighted by Crippen LogP contribution is -2.39. The highest BCUT2D eigenvalue weighted by Crippen LogP contribution is 2.21. The number of nitrogens with one attached hydrogen (secondary N) is 1. The molecule has 1 atom stereocenters. The average Bonchev–Trinajstić information content (AvgIpc) is 2.57. The van der Waals surface area contributed by atoms with Crippen molar-refractivity contribution in [2.45, 2.75) is 33.6 Å². The number of carbonyl (C=O) groups is 1. The number of piperidine rings is 1. The summed E-state index contributed by atoms with van der Waals surface area (Å²) in [7, 11) is 0. The van der Waals surface area contributed by atoms with Crippen LogP contribution in [0.15, 0.2) is 30.3 Å². The van der Waals surface area contributed by atoms with Gasteiger partial charge in [0.25, 0.3) is 5.91 Å². The zero-order chi connectivity index (χ0) is 17.1. The van der Waals surface area contributed by atoms with Gasteiger partial charge in [0.2, 0.25) is 0 Å². The van der Waals surface area contributed by atoms with Crippen molar-refractivity contribution < 1.29 is 4.79 Å². The predicted molar refractivity (Wildman–Crippen MR) is 95.5 cm³/mol. The summed E-state index contributed by atoms with van der Waals surface area (Å²) >= 11 is 0. The van der Waals surface area contributed by atoms with E-state index in [0.717, 1.165) is 30.8 Å². The van der Waals surface area contributed by atoms with Crippen LogP contribution in [0.25, 0.3) is 0 Å². The maximum absolute atomic E-state index is 12.5. The van der Waals surface area contributed by atoms with E-state index in [0.29, 0.717) is 17.4 Å². The molecule has 0 radical (unpaired) electrons. The number of likely N-dealkylation sites (tertiary alicyclic amines) is 1. The first-order valence-corrected chi connectivity index (χ1v) is 8.50. The minimum Gasteiger partial charge on any atom is -0.339 e. The van der Waals surface area contributed by atoms with Crippen LogP contribution >= 0.6 is 0 Å². The van der Waals surface area contributed by atoms with E-state index in [1.54, 1.807) is 6.07 Å². The van der Waals surface area contributed by atoms with E-state index in [1.165, 1.54) is 12.0 Å². The summed E-state index contributed by atoms with van der Waals surface area (Å²) in [5, 5.41) is 11.5. The summed E-state index contributed by atoms with van der Waals surface area (Å²) < 4.78 is 0. The fraction of sp³-hybridized carbons (Fsp3) is 0.421. The van der Waals surface area contributed by atoms with E-state index >= 15 is 0 Å². The van der Waals surface area contributed by atoms with Crippen molar-refractivity contribution in [1.29, 1.82) is 0 Å². The van der Waals surface area contributed by atoms with Gasteiger partial charge < -0.3 is 10.2 Å². The largest absolute Gasteiger partial charge is 0.339 e. The Balaban J connectivity index is 1.69. The number of aromatic nitrogens is 2. The van der Waals surface area contributed by atoms with Gasteiger partial charge in [0.15, 0.2) is 11.5 Å². The van der Waals surface area contributed by atoms with E-state index in [4.69, 9.17) is 0 Å². The van der Waals surface area contributed by atoms with Gasteiger partial charge in [-0.25, -0.2) is 0 Å². The molecule has 0 bridgehead atoms. The highest BCUT2D eigenvalue weighted by molar-refractivity contribution is 5.92. The van der Waals surface area contributed by atoms with Crippen molar-refractivity contribution >= 4 is 17.4 Å². The second-order valence-electron chi connectivity index (χ2n) is 6.75. The molecule has 1 N–H and O–H groups in total. The number of anilines is 2. The molecule has 5 heteroatoms. The van der Waals surface area contributed by atoms with Gasteiger partial charge in [0.05, 0.1) is 0 Å². The smallest absolute Gasteiger partial charge is 0.274 e. The number of carbonyl (C=O) groups excluding carboxylic acids is 1. The van der Waals surface area contributed by atoms with Crippen LogP contribution in [0.3, 0.4) is 0 Å². The molecular weight excluding hydrogens is 300 g/mol. The lowest BCUT2D eigenvalue weighted by atomic mass is 10.00. The molecule has 126 valence electrons. The Morgan fingerprint density at radius 3 is 2.71 bits per heavy atom. The molecule has 1 unspecified atom stereocenters. The maximum atomic E-state index is 12.5. The van der Waals surface area contributed by atoms with Crippen molar-refractivity contribution in [2.75, 3.05) is 18.4 Å². The summed E-state index contributed by atoms with van der Waals surface area (Å²) in [5.41, 5.74) is 3.79. The van der Waals surface area contributed by atoms with E-state index in [2.05, 4.69) is 48.4 Å². The fourth-order valence-electron chi connectivity index (χ4n) is 3.14.